The standard InChI is InChI=1S/C17H37N5O5.C3H8/c18-6-1-9-25-12-17(13-26-10-2-7-19,14-27-11-3-8-20)22-16(24)5-4-15(21)23;1-3-2/h1-14,18-20H2,(H2,21,23)(H,22,24);3H2,1-2H3. The fourth-order valence-corrected chi connectivity index (χ4v) is 2.19. The van der Waals surface area contributed by atoms with E-state index in [0.29, 0.717) is 58.7 Å². The van der Waals surface area contributed by atoms with Gasteiger partial charge in [0, 0.05) is 32.7 Å². The molecule has 0 radical (unpaired) electrons. The van der Waals surface area contributed by atoms with Crippen molar-refractivity contribution in [3.05, 3.63) is 0 Å². The highest BCUT2D eigenvalue weighted by molar-refractivity contribution is 5.83. The zero-order valence-electron chi connectivity index (χ0n) is 19.0. The second-order valence-corrected chi connectivity index (χ2v) is 7.09. The monoisotopic (exact) mass is 435 g/mol. The van der Waals surface area contributed by atoms with Crippen molar-refractivity contribution in [2.24, 2.45) is 22.9 Å². The van der Waals surface area contributed by atoms with Crippen LogP contribution in [0.25, 0.3) is 0 Å². The highest BCUT2D eigenvalue weighted by Crippen LogP contribution is 2.11. The molecule has 10 heteroatoms. The Morgan fingerprint density at radius 3 is 1.43 bits per heavy atom. The van der Waals surface area contributed by atoms with Gasteiger partial charge in [0.2, 0.25) is 11.8 Å². The molecule has 0 aromatic rings. The summed E-state index contributed by atoms with van der Waals surface area (Å²) in [6, 6.07) is 0. The molecule has 10 nitrogen and oxygen atoms in total. The number of nitrogens with two attached hydrogens (primary N) is 4. The van der Waals surface area contributed by atoms with Crippen LogP contribution in [0, 0.1) is 0 Å². The van der Waals surface area contributed by atoms with Crippen LogP contribution in [-0.4, -0.2) is 76.6 Å². The Bertz CT molecular complexity index is 382. The number of hydrogen-bond acceptors (Lipinski definition) is 8. The van der Waals surface area contributed by atoms with Gasteiger partial charge in [0.05, 0.1) is 19.8 Å². The van der Waals surface area contributed by atoms with Crippen LogP contribution in [0.15, 0.2) is 0 Å². The lowest BCUT2D eigenvalue weighted by Crippen LogP contribution is -2.58. The minimum atomic E-state index is -0.882. The van der Waals surface area contributed by atoms with Gasteiger partial charge in [-0.1, -0.05) is 20.3 Å². The summed E-state index contributed by atoms with van der Waals surface area (Å²) in [5.74, 6) is -0.852. The molecule has 0 aromatic heterocycles. The van der Waals surface area contributed by atoms with E-state index < -0.39 is 11.4 Å². The molecule has 180 valence electrons. The highest BCUT2D eigenvalue weighted by atomic mass is 16.5. The van der Waals surface area contributed by atoms with Crippen molar-refractivity contribution in [3.63, 3.8) is 0 Å². The van der Waals surface area contributed by atoms with Crippen LogP contribution in [0.5, 0.6) is 0 Å². The largest absolute Gasteiger partial charge is 0.379 e. The Hall–Kier alpha value is -1.30. The molecule has 0 aliphatic carbocycles. The molecular formula is C20H45N5O5. The van der Waals surface area contributed by atoms with E-state index in [1.165, 1.54) is 6.42 Å². The zero-order valence-corrected chi connectivity index (χ0v) is 19.0. The Balaban J connectivity index is 0. The molecule has 0 heterocycles. The minimum Gasteiger partial charge on any atom is -0.379 e. The lowest BCUT2D eigenvalue weighted by Gasteiger charge is -2.34. The van der Waals surface area contributed by atoms with Gasteiger partial charge in [-0.3, -0.25) is 9.59 Å². The number of amides is 2. The fraction of sp³-hybridized carbons (Fsp3) is 0.900. The van der Waals surface area contributed by atoms with E-state index in [9.17, 15) is 9.59 Å². The second-order valence-electron chi connectivity index (χ2n) is 7.09. The fourth-order valence-electron chi connectivity index (χ4n) is 2.19. The number of carbonyl (C=O) groups excluding carboxylic acids is 2. The molecule has 0 aliphatic heterocycles. The summed E-state index contributed by atoms with van der Waals surface area (Å²) >= 11 is 0. The van der Waals surface area contributed by atoms with Gasteiger partial charge in [-0.2, -0.15) is 0 Å². The molecule has 0 fully saturated rings. The average molecular weight is 436 g/mol. The van der Waals surface area contributed by atoms with Crippen LogP contribution < -0.4 is 28.3 Å². The molecule has 0 saturated heterocycles. The lowest BCUT2D eigenvalue weighted by molar-refractivity contribution is -0.129. The number of hydrogen-bond donors (Lipinski definition) is 5. The number of nitrogens with one attached hydrogen (secondary N) is 1. The van der Waals surface area contributed by atoms with Crippen LogP contribution in [0.4, 0.5) is 0 Å². The second kappa shape index (κ2) is 22.4. The Labute approximate surface area is 181 Å². The van der Waals surface area contributed by atoms with Crippen LogP contribution >= 0.6 is 0 Å². The van der Waals surface area contributed by atoms with Gasteiger partial charge < -0.3 is 42.5 Å². The summed E-state index contributed by atoms with van der Waals surface area (Å²) in [5, 5.41) is 2.90. The van der Waals surface area contributed by atoms with Crippen molar-refractivity contribution in [1.29, 1.82) is 0 Å². The third-order valence-electron chi connectivity index (χ3n) is 3.62. The number of primary amides is 1. The third kappa shape index (κ3) is 20.0. The number of ether oxygens (including phenoxy) is 3. The smallest absolute Gasteiger partial charge is 0.221 e. The van der Waals surface area contributed by atoms with Crippen molar-refractivity contribution in [1.82, 2.24) is 5.32 Å². The van der Waals surface area contributed by atoms with E-state index in [4.69, 9.17) is 37.1 Å². The summed E-state index contributed by atoms with van der Waals surface area (Å²) in [7, 11) is 0. The highest BCUT2D eigenvalue weighted by Gasteiger charge is 2.33. The van der Waals surface area contributed by atoms with Crippen molar-refractivity contribution in [3.8, 4) is 0 Å². The topological polar surface area (TPSA) is 178 Å². The van der Waals surface area contributed by atoms with E-state index >= 15 is 0 Å². The Morgan fingerprint density at radius 2 is 1.13 bits per heavy atom. The van der Waals surface area contributed by atoms with Crippen LogP contribution in [0.3, 0.4) is 0 Å². The van der Waals surface area contributed by atoms with Gasteiger partial charge in [0.1, 0.15) is 5.54 Å². The SMILES string of the molecule is CCC.NCCCOCC(COCCCN)(COCCCN)NC(=O)CCC(N)=O. The average Bonchev–Trinajstić information content (AvgIpc) is 2.71. The van der Waals surface area contributed by atoms with Gasteiger partial charge in [0.15, 0.2) is 0 Å². The quantitative estimate of drug-likeness (QED) is 0.170. The maximum Gasteiger partial charge on any atom is 0.221 e. The molecule has 9 N–H and O–H groups in total. The van der Waals surface area contributed by atoms with Crippen LogP contribution in [-0.2, 0) is 23.8 Å². The molecule has 0 aromatic carbocycles. The predicted molar refractivity (Wildman–Crippen MR) is 119 cm³/mol. The van der Waals surface area contributed by atoms with Crippen molar-refractivity contribution in [2.45, 2.75) is 57.9 Å². The van der Waals surface area contributed by atoms with E-state index in [2.05, 4.69) is 19.2 Å². The van der Waals surface area contributed by atoms with Gasteiger partial charge >= 0.3 is 0 Å². The first-order valence-electron chi connectivity index (χ1n) is 10.8. The molecule has 2 amide bonds. The predicted octanol–water partition coefficient (Wildman–Crippen LogP) is -0.381. The Morgan fingerprint density at radius 1 is 0.767 bits per heavy atom. The molecule has 0 unspecified atom stereocenters. The Kier molecular flexibility index (Phi) is 23.1. The molecule has 0 atom stereocenters. The maximum absolute atomic E-state index is 12.3. The van der Waals surface area contributed by atoms with Gasteiger partial charge in [-0.15, -0.1) is 0 Å². The number of carbonyl (C=O) groups is 2. The van der Waals surface area contributed by atoms with E-state index in [1.54, 1.807) is 0 Å². The molecule has 30 heavy (non-hydrogen) atoms. The molecule has 0 saturated carbocycles. The van der Waals surface area contributed by atoms with Gasteiger partial charge in [-0.05, 0) is 38.9 Å². The van der Waals surface area contributed by atoms with E-state index in [1.807, 2.05) is 0 Å². The van der Waals surface area contributed by atoms with E-state index in [-0.39, 0.29) is 38.6 Å². The maximum atomic E-state index is 12.3. The molecule has 0 bridgehead atoms. The van der Waals surface area contributed by atoms with Gasteiger partial charge in [-0.25, -0.2) is 0 Å². The summed E-state index contributed by atoms with van der Waals surface area (Å²) in [5.41, 5.74) is 20.7. The van der Waals surface area contributed by atoms with E-state index in [0.717, 1.165) is 0 Å². The zero-order chi connectivity index (χ0) is 23.1. The molecule has 0 aliphatic rings. The molecule has 0 spiro atoms. The van der Waals surface area contributed by atoms with Crippen LogP contribution in [0.1, 0.15) is 52.4 Å². The molecule has 0 rings (SSSR count). The minimum absolute atomic E-state index is 0.00845. The summed E-state index contributed by atoms with van der Waals surface area (Å²) in [6.07, 6.45) is 3.32. The summed E-state index contributed by atoms with van der Waals surface area (Å²) in [4.78, 5) is 23.2. The number of rotatable bonds is 19. The lowest BCUT2D eigenvalue weighted by atomic mass is 10.0. The van der Waals surface area contributed by atoms with Crippen molar-refractivity contribution < 1.29 is 23.8 Å². The van der Waals surface area contributed by atoms with Crippen molar-refractivity contribution >= 4 is 11.8 Å². The first kappa shape index (κ1) is 30.9. The summed E-state index contributed by atoms with van der Waals surface area (Å²) in [6.45, 7) is 7.75. The van der Waals surface area contributed by atoms with Crippen LogP contribution in [0.2, 0.25) is 0 Å². The first-order chi connectivity index (χ1) is 14.4. The van der Waals surface area contributed by atoms with Crippen molar-refractivity contribution in [2.75, 3.05) is 59.3 Å². The van der Waals surface area contributed by atoms with Gasteiger partial charge in [0.25, 0.3) is 0 Å². The third-order valence-corrected chi connectivity index (χ3v) is 3.62. The molecular weight excluding hydrogens is 390 g/mol. The first-order valence-corrected chi connectivity index (χ1v) is 10.8. The summed E-state index contributed by atoms with van der Waals surface area (Å²) < 4.78 is 17.1. The normalized spacial score (nSPS) is 11.0.